The fourth-order valence-electron chi connectivity index (χ4n) is 1.82. The van der Waals surface area contributed by atoms with E-state index in [2.05, 4.69) is 72.1 Å². The lowest BCUT2D eigenvalue weighted by Crippen LogP contribution is -2.09. The Balaban J connectivity index is 2.25. The number of hydrogen-bond acceptors (Lipinski definition) is 3. The third-order valence-corrected chi connectivity index (χ3v) is 3.73. The minimum absolute atomic E-state index is 1.13. The van der Waals surface area contributed by atoms with Crippen LogP contribution in [0.15, 0.2) is 53.4 Å². The van der Waals surface area contributed by atoms with Crippen molar-refractivity contribution in [3.8, 4) is 0 Å². The number of benzene rings is 2. The molecular weight excluding hydrogens is 240 g/mol. The first-order chi connectivity index (χ1) is 8.74. The van der Waals surface area contributed by atoms with E-state index in [1.807, 2.05) is 7.05 Å². The van der Waals surface area contributed by atoms with Crippen LogP contribution < -0.4 is 10.2 Å². The number of nitrogens with zero attached hydrogens (tertiary/aromatic N) is 1. The number of hydrogen-bond donors (Lipinski definition) is 1. The smallest absolute Gasteiger partial charge is 0.0428 e. The number of anilines is 3. The zero-order valence-corrected chi connectivity index (χ0v) is 11.8. The molecule has 0 amide bonds. The van der Waals surface area contributed by atoms with Gasteiger partial charge in [-0.25, -0.2) is 0 Å². The molecule has 94 valence electrons. The van der Waals surface area contributed by atoms with Crippen molar-refractivity contribution < 1.29 is 0 Å². The largest absolute Gasteiger partial charge is 0.388 e. The molecule has 18 heavy (non-hydrogen) atoms. The van der Waals surface area contributed by atoms with Crippen molar-refractivity contribution in [2.75, 3.05) is 30.6 Å². The van der Waals surface area contributed by atoms with Gasteiger partial charge in [0.05, 0.1) is 0 Å². The van der Waals surface area contributed by atoms with E-state index in [4.69, 9.17) is 0 Å². The minimum atomic E-state index is 1.13. The van der Waals surface area contributed by atoms with Crippen LogP contribution in [0.25, 0.3) is 0 Å². The van der Waals surface area contributed by atoms with Crippen LogP contribution in [0.3, 0.4) is 0 Å². The molecule has 0 saturated carbocycles. The Labute approximate surface area is 113 Å². The highest BCUT2D eigenvalue weighted by Crippen LogP contribution is 2.27. The Kier molecular flexibility index (Phi) is 4.15. The molecule has 0 aliphatic carbocycles. The molecule has 2 aromatic carbocycles. The highest BCUT2D eigenvalue weighted by molar-refractivity contribution is 7.98. The molecule has 0 atom stereocenters. The van der Waals surface area contributed by atoms with Crippen molar-refractivity contribution in [3.63, 3.8) is 0 Å². The van der Waals surface area contributed by atoms with E-state index in [9.17, 15) is 0 Å². The van der Waals surface area contributed by atoms with Crippen molar-refractivity contribution in [3.05, 3.63) is 48.5 Å². The summed E-state index contributed by atoms with van der Waals surface area (Å²) in [4.78, 5) is 3.47. The van der Waals surface area contributed by atoms with E-state index < -0.39 is 0 Å². The zero-order chi connectivity index (χ0) is 13.0. The summed E-state index contributed by atoms with van der Waals surface area (Å²) in [6, 6.07) is 17.0. The van der Waals surface area contributed by atoms with Gasteiger partial charge in [0.25, 0.3) is 0 Å². The first-order valence-electron chi connectivity index (χ1n) is 5.90. The Bertz CT molecular complexity index is 508. The lowest BCUT2D eigenvalue weighted by atomic mass is 10.2. The summed E-state index contributed by atoms with van der Waals surface area (Å²) >= 11 is 1.76. The van der Waals surface area contributed by atoms with Gasteiger partial charge < -0.3 is 10.2 Å². The molecule has 0 heterocycles. The molecule has 0 saturated heterocycles. The second-order valence-corrected chi connectivity index (χ2v) is 4.94. The summed E-state index contributed by atoms with van der Waals surface area (Å²) < 4.78 is 0. The maximum absolute atomic E-state index is 3.16. The highest BCUT2D eigenvalue weighted by Gasteiger charge is 2.04. The van der Waals surface area contributed by atoms with Gasteiger partial charge in [-0.15, -0.1) is 11.8 Å². The fraction of sp³-hybridized carbons (Fsp3) is 0.200. The quantitative estimate of drug-likeness (QED) is 0.827. The average molecular weight is 258 g/mol. The second-order valence-electron chi connectivity index (χ2n) is 4.06. The standard InChI is InChI=1S/C15H18N2S/c1-16-12-5-4-6-14(11-12)17(2)13-7-9-15(18-3)10-8-13/h4-11,16H,1-3H3. The van der Waals surface area contributed by atoms with Crippen molar-refractivity contribution in [1.82, 2.24) is 0 Å². The molecule has 0 fully saturated rings. The second kappa shape index (κ2) is 5.83. The maximum atomic E-state index is 3.16. The molecule has 3 heteroatoms. The lowest BCUT2D eigenvalue weighted by molar-refractivity contribution is 1.20. The summed E-state index contributed by atoms with van der Waals surface area (Å²) in [5.41, 5.74) is 3.50. The topological polar surface area (TPSA) is 15.3 Å². The number of thioether (sulfide) groups is 1. The van der Waals surface area contributed by atoms with Gasteiger partial charge in [0.2, 0.25) is 0 Å². The number of rotatable bonds is 4. The van der Waals surface area contributed by atoms with Gasteiger partial charge in [0, 0.05) is 36.1 Å². The van der Waals surface area contributed by atoms with Crippen LogP contribution in [-0.2, 0) is 0 Å². The maximum Gasteiger partial charge on any atom is 0.0428 e. The molecule has 0 radical (unpaired) electrons. The first kappa shape index (κ1) is 12.8. The van der Waals surface area contributed by atoms with Crippen LogP contribution in [-0.4, -0.2) is 20.4 Å². The van der Waals surface area contributed by atoms with Crippen LogP contribution in [0.2, 0.25) is 0 Å². The van der Waals surface area contributed by atoms with Crippen LogP contribution in [0, 0.1) is 0 Å². The van der Waals surface area contributed by atoms with Crippen LogP contribution in [0.5, 0.6) is 0 Å². The molecule has 0 aromatic heterocycles. The molecule has 0 aliphatic heterocycles. The van der Waals surface area contributed by atoms with Gasteiger partial charge in [-0.3, -0.25) is 0 Å². The molecule has 2 aromatic rings. The van der Waals surface area contributed by atoms with E-state index in [0.717, 1.165) is 5.69 Å². The third kappa shape index (κ3) is 2.79. The Morgan fingerprint density at radius 2 is 1.72 bits per heavy atom. The molecule has 0 unspecified atom stereocenters. The molecule has 0 aliphatic rings. The van der Waals surface area contributed by atoms with Gasteiger partial charge in [0.15, 0.2) is 0 Å². The van der Waals surface area contributed by atoms with Crippen LogP contribution in [0.1, 0.15) is 0 Å². The molecule has 0 spiro atoms. The van der Waals surface area contributed by atoms with E-state index >= 15 is 0 Å². The Morgan fingerprint density at radius 1 is 1.00 bits per heavy atom. The molecule has 0 bridgehead atoms. The minimum Gasteiger partial charge on any atom is -0.388 e. The van der Waals surface area contributed by atoms with E-state index in [-0.39, 0.29) is 0 Å². The van der Waals surface area contributed by atoms with Crippen molar-refractivity contribution in [2.24, 2.45) is 0 Å². The van der Waals surface area contributed by atoms with Gasteiger partial charge in [-0.2, -0.15) is 0 Å². The predicted octanol–water partition coefficient (Wildman–Crippen LogP) is 4.22. The highest BCUT2D eigenvalue weighted by atomic mass is 32.2. The monoisotopic (exact) mass is 258 g/mol. The van der Waals surface area contributed by atoms with E-state index in [0.29, 0.717) is 0 Å². The Morgan fingerprint density at radius 3 is 2.33 bits per heavy atom. The van der Waals surface area contributed by atoms with E-state index in [1.54, 1.807) is 11.8 Å². The van der Waals surface area contributed by atoms with Gasteiger partial charge in [-0.05, 0) is 48.7 Å². The van der Waals surface area contributed by atoms with E-state index in [1.165, 1.54) is 16.3 Å². The summed E-state index contributed by atoms with van der Waals surface area (Å²) in [6.45, 7) is 0. The van der Waals surface area contributed by atoms with Crippen LogP contribution >= 0.6 is 11.8 Å². The van der Waals surface area contributed by atoms with Crippen molar-refractivity contribution in [1.29, 1.82) is 0 Å². The summed E-state index contributed by atoms with van der Waals surface area (Å²) in [5.74, 6) is 0. The van der Waals surface area contributed by atoms with Crippen molar-refractivity contribution in [2.45, 2.75) is 4.90 Å². The Hall–Kier alpha value is -1.61. The lowest BCUT2D eigenvalue weighted by Gasteiger charge is -2.20. The normalized spacial score (nSPS) is 10.2. The molecule has 1 N–H and O–H groups in total. The van der Waals surface area contributed by atoms with Crippen LogP contribution in [0.4, 0.5) is 17.1 Å². The molecule has 2 rings (SSSR count). The third-order valence-electron chi connectivity index (χ3n) is 2.98. The first-order valence-corrected chi connectivity index (χ1v) is 7.12. The molecule has 2 nitrogen and oxygen atoms in total. The zero-order valence-electron chi connectivity index (χ0n) is 11.0. The average Bonchev–Trinajstić information content (AvgIpc) is 2.46. The number of nitrogens with one attached hydrogen (secondary N) is 1. The summed E-state index contributed by atoms with van der Waals surface area (Å²) in [5, 5.41) is 3.16. The fourth-order valence-corrected chi connectivity index (χ4v) is 2.23. The van der Waals surface area contributed by atoms with Crippen molar-refractivity contribution >= 4 is 28.8 Å². The van der Waals surface area contributed by atoms with Gasteiger partial charge >= 0.3 is 0 Å². The molecular formula is C15H18N2S. The van der Waals surface area contributed by atoms with Gasteiger partial charge in [0.1, 0.15) is 0 Å². The van der Waals surface area contributed by atoms with Gasteiger partial charge in [-0.1, -0.05) is 6.07 Å². The summed E-state index contributed by atoms with van der Waals surface area (Å²) in [7, 11) is 4.02. The SMILES string of the molecule is CNc1cccc(N(C)c2ccc(SC)cc2)c1. The summed E-state index contributed by atoms with van der Waals surface area (Å²) in [6.07, 6.45) is 2.09. The predicted molar refractivity (Wildman–Crippen MR) is 82.3 cm³/mol.